The molecule has 1 saturated carbocycles. The lowest BCUT2D eigenvalue weighted by molar-refractivity contribution is 0.0579. The van der Waals surface area contributed by atoms with Crippen LogP contribution in [0.1, 0.15) is 46.0 Å². The third kappa shape index (κ3) is 5.39. The van der Waals surface area contributed by atoms with E-state index in [0.29, 0.717) is 12.1 Å². The van der Waals surface area contributed by atoms with Crippen molar-refractivity contribution in [2.24, 2.45) is 10.7 Å². The number of aliphatic imine (C=N–C) groups is 1. The van der Waals surface area contributed by atoms with Crippen LogP contribution in [-0.2, 0) is 4.74 Å². The maximum atomic E-state index is 5.88. The summed E-state index contributed by atoms with van der Waals surface area (Å²) < 4.78 is 5.77. The first-order chi connectivity index (χ1) is 8.27. The van der Waals surface area contributed by atoms with Crippen LogP contribution < -0.4 is 5.73 Å². The predicted octanol–water partition coefficient (Wildman–Crippen LogP) is 1.99. The topological polar surface area (TPSA) is 50.8 Å². The maximum Gasteiger partial charge on any atom is 0.191 e. The van der Waals surface area contributed by atoms with Crippen molar-refractivity contribution in [3.63, 3.8) is 0 Å². The molecule has 0 bridgehead atoms. The number of guanidine groups is 1. The first-order valence-corrected chi connectivity index (χ1v) is 6.94. The summed E-state index contributed by atoms with van der Waals surface area (Å²) >= 11 is 0. The van der Waals surface area contributed by atoms with Crippen LogP contribution in [-0.4, -0.2) is 43.2 Å². The smallest absolute Gasteiger partial charge is 0.191 e. The molecule has 0 aromatic heterocycles. The summed E-state index contributed by atoms with van der Waals surface area (Å²) in [5.41, 5.74) is 5.88. The summed E-state index contributed by atoms with van der Waals surface area (Å²) in [7, 11) is 0. The van der Waals surface area contributed by atoms with Crippen molar-refractivity contribution >= 4 is 5.96 Å². The first-order valence-electron chi connectivity index (χ1n) is 6.94. The minimum atomic E-state index is 0.513. The molecule has 0 radical (unpaired) electrons. The van der Waals surface area contributed by atoms with E-state index in [1.807, 2.05) is 0 Å². The van der Waals surface area contributed by atoms with E-state index in [-0.39, 0.29) is 0 Å². The predicted molar refractivity (Wildman–Crippen MR) is 72.2 cm³/mol. The second kappa shape index (κ2) is 8.34. The molecule has 0 aromatic rings. The van der Waals surface area contributed by atoms with Gasteiger partial charge in [0.1, 0.15) is 0 Å². The minimum absolute atomic E-state index is 0.513. The van der Waals surface area contributed by atoms with Crippen molar-refractivity contribution in [2.45, 2.75) is 52.1 Å². The average molecular weight is 241 g/mol. The van der Waals surface area contributed by atoms with E-state index in [4.69, 9.17) is 10.5 Å². The Labute approximate surface area is 105 Å². The van der Waals surface area contributed by atoms with Gasteiger partial charge in [-0.25, -0.2) is 0 Å². The molecular weight excluding hydrogens is 214 g/mol. The van der Waals surface area contributed by atoms with E-state index in [0.717, 1.165) is 32.7 Å². The third-order valence-electron chi connectivity index (χ3n) is 3.32. The van der Waals surface area contributed by atoms with Gasteiger partial charge in [-0.2, -0.15) is 0 Å². The lowest BCUT2D eigenvalue weighted by Crippen LogP contribution is -2.37. The normalized spacial score (nSPS) is 17.6. The molecule has 2 N–H and O–H groups in total. The highest BCUT2D eigenvalue weighted by molar-refractivity contribution is 5.77. The van der Waals surface area contributed by atoms with Crippen molar-refractivity contribution in [1.82, 2.24) is 4.90 Å². The number of nitrogens with zero attached hydrogens (tertiary/aromatic N) is 2. The fourth-order valence-electron chi connectivity index (χ4n) is 2.21. The minimum Gasteiger partial charge on any atom is -0.378 e. The first kappa shape index (κ1) is 14.3. The van der Waals surface area contributed by atoms with Gasteiger partial charge < -0.3 is 15.4 Å². The fourth-order valence-corrected chi connectivity index (χ4v) is 2.21. The fraction of sp³-hybridized carbons (Fsp3) is 0.923. The lowest BCUT2D eigenvalue weighted by Gasteiger charge is -2.19. The van der Waals surface area contributed by atoms with Gasteiger partial charge >= 0.3 is 0 Å². The van der Waals surface area contributed by atoms with Crippen LogP contribution in [0, 0.1) is 0 Å². The molecule has 0 atom stereocenters. The molecule has 4 heteroatoms. The van der Waals surface area contributed by atoms with Gasteiger partial charge in [0, 0.05) is 26.2 Å². The molecule has 1 rings (SSSR count). The Balaban J connectivity index is 2.07. The molecule has 4 nitrogen and oxygen atoms in total. The molecule has 17 heavy (non-hydrogen) atoms. The Morgan fingerprint density at radius 1 is 1.29 bits per heavy atom. The van der Waals surface area contributed by atoms with Crippen LogP contribution in [0.15, 0.2) is 4.99 Å². The van der Waals surface area contributed by atoms with E-state index >= 15 is 0 Å². The molecule has 100 valence electrons. The van der Waals surface area contributed by atoms with Crippen LogP contribution in [0.25, 0.3) is 0 Å². The molecule has 0 heterocycles. The second-order valence-corrected chi connectivity index (χ2v) is 4.54. The van der Waals surface area contributed by atoms with Gasteiger partial charge in [0.2, 0.25) is 0 Å². The van der Waals surface area contributed by atoms with Gasteiger partial charge in [-0.1, -0.05) is 12.8 Å². The second-order valence-electron chi connectivity index (χ2n) is 4.54. The van der Waals surface area contributed by atoms with Crippen molar-refractivity contribution in [3.05, 3.63) is 0 Å². The molecule has 0 aromatic carbocycles. The number of hydrogen-bond donors (Lipinski definition) is 1. The molecule has 1 aliphatic rings. The Morgan fingerprint density at radius 2 is 1.94 bits per heavy atom. The van der Waals surface area contributed by atoms with Crippen LogP contribution in [0.3, 0.4) is 0 Å². The summed E-state index contributed by atoms with van der Waals surface area (Å²) in [5, 5.41) is 0. The van der Waals surface area contributed by atoms with E-state index < -0.39 is 0 Å². The molecule has 0 spiro atoms. The van der Waals surface area contributed by atoms with E-state index in [1.54, 1.807) is 0 Å². The third-order valence-corrected chi connectivity index (χ3v) is 3.32. The Morgan fingerprint density at radius 3 is 2.53 bits per heavy atom. The van der Waals surface area contributed by atoms with E-state index in [1.165, 1.54) is 25.7 Å². The average Bonchev–Trinajstić information content (AvgIpc) is 2.83. The molecule has 0 amide bonds. The maximum absolute atomic E-state index is 5.88. The van der Waals surface area contributed by atoms with Gasteiger partial charge in [-0.15, -0.1) is 0 Å². The highest BCUT2D eigenvalue weighted by atomic mass is 16.5. The van der Waals surface area contributed by atoms with E-state index in [9.17, 15) is 0 Å². The zero-order valence-electron chi connectivity index (χ0n) is 11.3. The van der Waals surface area contributed by atoms with Crippen LogP contribution in [0.5, 0.6) is 0 Å². The quantitative estimate of drug-likeness (QED) is 0.421. The summed E-state index contributed by atoms with van der Waals surface area (Å²) in [6, 6.07) is 0. The summed E-state index contributed by atoms with van der Waals surface area (Å²) in [6.45, 7) is 7.62. The van der Waals surface area contributed by atoms with E-state index in [2.05, 4.69) is 23.7 Å². The van der Waals surface area contributed by atoms with Crippen molar-refractivity contribution in [3.8, 4) is 0 Å². The Hall–Kier alpha value is -0.770. The monoisotopic (exact) mass is 241 g/mol. The zero-order chi connectivity index (χ0) is 12.5. The van der Waals surface area contributed by atoms with Gasteiger partial charge in [0.05, 0.1) is 6.10 Å². The van der Waals surface area contributed by atoms with Gasteiger partial charge in [0.25, 0.3) is 0 Å². The summed E-state index contributed by atoms with van der Waals surface area (Å²) in [4.78, 5) is 6.44. The molecular formula is C13H27N3O. The van der Waals surface area contributed by atoms with Crippen LogP contribution in [0.4, 0.5) is 0 Å². The van der Waals surface area contributed by atoms with Crippen molar-refractivity contribution in [2.75, 3.05) is 26.2 Å². The lowest BCUT2D eigenvalue weighted by atomic mass is 10.3. The Bertz CT molecular complexity index is 221. The van der Waals surface area contributed by atoms with Crippen molar-refractivity contribution in [1.29, 1.82) is 0 Å². The summed E-state index contributed by atoms with van der Waals surface area (Å²) in [6.07, 6.45) is 6.63. The SMILES string of the molecule is CCN(CC)C(N)=NCCCOC1CCCC1. The molecule has 1 aliphatic carbocycles. The Kier molecular flexibility index (Phi) is 7.01. The largest absolute Gasteiger partial charge is 0.378 e. The summed E-state index contributed by atoms with van der Waals surface area (Å²) in [5.74, 6) is 0.663. The molecule has 0 unspecified atom stereocenters. The van der Waals surface area contributed by atoms with Gasteiger partial charge in [-0.05, 0) is 33.1 Å². The number of nitrogens with two attached hydrogens (primary N) is 1. The van der Waals surface area contributed by atoms with Crippen molar-refractivity contribution < 1.29 is 4.74 Å². The standard InChI is InChI=1S/C13H27N3O/c1-3-16(4-2)13(14)15-10-7-11-17-12-8-5-6-9-12/h12H,3-11H2,1-2H3,(H2,14,15). The number of rotatable bonds is 7. The van der Waals surface area contributed by atoms with Gasteiger partial charge in [-0.3, -0.25) is 4.99 Å². The zero-order valence-corrected chi connectivity index (χ0v) is 11.3. The highest BCUT2D eigenvalue weighted by Gasteiger charge is 2.14. The number of ether oxygens (including phenoxy) is 1. The van der Waals surface area contributed by atoms with Gasteiger partial charge in [0.15, 0.2) is 5.96 Å². The molecule has 0 saturated heterocycles. The molecule has 0 aliphatic heterocycles. The number of hydrogen-bond acceptors (Lipinski definition) is 2. The van der Waals surface area contributed by atoms with Crippen LogP contribution >= 0.6 is 0 Å². The highest BCUT2D eigenvalue weighted by Crippen LogP contribution is 2.20. The van der Waals surface area contributed by atoms with Crippen LogP contribution in [0.2, 0.25) is 0 Å². The molecule has 1 fully saturated rings.